The Balaban J connectivity index is 2.45. The minimum absolute atomic E-state index is 0.267. The second-order valence-electron chi connectivity index (χ2n) is 10.3. The highest BCUT2D eigenvalue weighted by molar-refractivity contribution is 5.99. The average molecular weight is 496 g/mol. The van der Waals surface area contributed by atoms with Crippen LogP contribution in [0.4, 0.5) is 10.5 Å². The third kappa shape index (κ3) is 8.11. The number of aryl methyl sites for hydroxylation is 4. The summed E-state index contributed by atoms with van der Waals surface area (Å²) < 4.78 is 5.28. The molecule has 0 aliphatic heterocycles. The Morgan fingerprint density at radius 3 is 2.17 bits per heavy atom. The van der Waals surface area contributed by atoms with E-state index in [9.17, 15) is 14.4 Å². The number of rotatable bonds is 9. The topological polar surface area (TPSA) is 87.7 Å². The van der Waals surface area contributed by atoms with Gasteiger partial charge in [0.15, 0.2) is 0 Å². The first-order chi connectivity index (χ1) is 16.8. The lowest BCUT2D eigenvalue weighted by molar-refractivity contribution is -0.138. The summed E-state index contributed by atoms with van der Waals surface area (Å²) in [5.74, 6) is -0.642. The zero-order valence-corrected chi connectivity index (χ0v) is 23.0. The Kier molecular flexibility index (Phi) is 10.1. The highest BCUT2D eigenvalue weighted by Gasteiger charge is 2.33. The first-order valence-corrected chi connectivity index (χ1v) is 12.5. The molecule has 0 saturated heterocycles. The van der Waals surface area contributed by atoms with Crippen molar-refractivity contribution in [3.63, 3.8) is 0 Å². The molecule has 196 valence electrons. The molecule has 0 bridgehead atoms. The molecule has 2 aromatic rings. The number of para-hydroxylation sites is 1. The van der Waals surface area contributed by atoms with Gasteiger partial charge in [-0.3, -0.25) is 9.59 Å². The quantitative estimate of drug-likeness (QED) is 0.463. The van der Waals surface area contributed by atoms with Crippen molar-refractivity contribution < 1.29 is 19.1 Å². The van der Waals surface area contributed by atoms with Crippen LogP contribution in [0.3, 0.4) is 0 Å². The van der Waals surface area contributed by atoms with Gasteiger partial charge in [0, 0.05) is 12.2 Å². The third-order valence-corrected chi connectivity index (χ3v) is 5.86. The molecule has 0 saturated carbocycles. The summed E-state index contributed by atoms with van der Waals surface area (Å²) in [6, 6.07) is 10.8. The van der Waals surface area contributed by atoms with Gasteiger partial charge in [-0.15, -0.1) is 0 Å². The summed E-state index contributed by atoms with van der Waals surface area (Å²) in [5.41, 5.74) is 4.70. The fraction of sp³-hybridized carbons (Fsp3) is 0.483. The van der Waals surface area contributed by atoms with Crippen LogP contribution in [-0.4, -0.2) is 41.5 Å². The number of hydrogen-bond acceptors (Lipinski definition) is 4. The van der Waals surface area contributed by atoms with Gasteiger partial charge < -0.3 is 20.3 Å². The summed E-state index contributed by atoms with van der Waals surface area (Å²) in [6.07, 6.45) is 0.895. The van der Waals surface area contributed by atoms with Gasteiger partial charge in [-0.2, -0.15) is 0 Å². The maximum absolute atomic E-state index is 13.9. The van der Waals surface area contributed by atoms with Crippen molar-refractivity contribution in [2.75, 3.05) is 18.4 Å². The number of carbonyl (C=O) groups excluding carboxylic acids is 3. The van der Waals surface area contributed by atoms with Crippen LogP contribution in [0.15, 0.2) is 36.4 Å². The number of amides is 3. The molecule has 3 amide bonds. The van der Waals surface area contributed by atoms with E-state index in [1.54, 1.807) is 25.7 Å². The number of alkyl carbamates (subject to hydrolysis) is 1. The smallest absolute Gasteiger partial charge is 0.408 e. The molecule has 2 N–H and O–H groups in total. The predicted octanol–water partition coefficient (Wildman–Crippen LogP) is 5.75. The summed E-state index contributed by atoms with van der Waals surface area (Å²) in [7, 11) is 0. The molecule has 0 aromatic heterocycles. The fourth-order valence-electron chi connectivity index (χ4n) is 4.08. The summed E-state index contributed by atoms with van der Waals surface area (Å²) >= 11 is 0. The van der Waals surface area contributed by atoms with Crippen molar-refractivity contribution in [1.82, 2.24) is 10.2 Å². The van der Waals surface area contributed by atoms with E-state index >= 15 is 0 Å². The van der Waals surface area contributed by atoms with E-state index < -0.39 is 17.7 Å². The summed E-state index contributed by atoms with van der Waals surface area (Å²) in [6.45, 7) is 15.3. The van der Waals surface area contributed by atoms with Crippen LogP contribution in [0.1, 0.15) is 74.4 Å². The molecule has 0 aliphatic carbocycles. The molecule has 1 atom stereocenters. The van der Waals surface area contributed by atoms with E-state index in [0.717, 1.165) is 46.3 Å². The van der Waals surface area contributed by atoms with E-state index in [-0.39, 0.29) is 18.4 Å². The number of nitrogens with zero attached hydrogens (tertiary/aromatic N) is 1. The van der Waals surface area contributed by atoms with E-state index in [2.05, 4.69) is 10.6 Å². The molecule has 36 heavy (non-hydrogen) atoms. The highest BCUT2D eigenvalue weighted by atomic mass is 16.6. The zero-order chi connectivity index (χ0) is 27.0. The maximum Gasteiger partial charge on any atom is 0.408 e. The van der Waals surface area contributed by atoms with Crippen molar-refractivity contribution in [2.24, 2.45) is 0 Å². The number of carbonyl (C=O) groups is 3. The molecule has 0 heterocycles. The first-order valence-electron chi connectivity index (χ1n) is 12.5. The lowest BCUT2D eigenvalue weighted by Gasteiger charge is -2.33. The second-order valence-corrected chi connectivity index (χ2v) is 10.3. The number of ether oxygens (including phenoxy) is 1. The Bertz CT molecular complexity index is 1070. The Hall–Kier alpha value is -3.35. The molecule has 0 radical (unpaired) electrons. The molecule has 0 fully saturated rings. The van der Waals surface area contributed by atoms with Crippen LogP contribution in [0.5, 0.6) is 0 Å². The second kappa shape index (κ2) is 12.6. The number of hydrogen-bond donors (Lipinski definition) is 2. The molecule has 0 spiro atoms. The van der Waals surface area contributed by atoms with Crippen LogP contribution in [0.2, 0.25) is 0 Å². The lowest BCUT2D eigenvalue weighted by atomic mass is 9.96. The fourth-order valence-corrected chi connectivity index (χ4v) is 4.08. The van der Waals surface area contributed by atoms with Gasteiger partial charge in [-0.1, -0.05) is 55.3 Å². The zero-order valence-electron chi connectivity index (χ0n) is 23.0. The van der Waals surface area contributed by atoms with Gasteiger partial charge in [0.05, 0.1) is 0 Å². The number of unbranched alkanes of at least 4 members (excludes halogenated alkanes) is 1. The monoisotopic (exact) mass is 495 g/mol. The molecule has 7 nitrogen and oxygen atoms in total. The summed E-state index contributed by atoms with van der Waals surface area (Å²) in [5, 5.41) is 5.63. The minimum Gasteiger partial charge on any atom is -0.444 e. The maximum atomic E-state index is 13.9. The van der Waals surface area contributed by atoms with Gasteiger partial charge in [0.25, 0.3) is 5.91 Å². The van der Waals surface area contributed by atoms with E-state index in [0.29, 0.717) is 6.54 Å². The Labute approximate surface area is 215 Å². The summed E-state index contributed by atoms with van der Waals surface area (Å²) in [4.78, 5) is 41.1. The van der Waals surface area contributed by atoms with Gasteiger partial charge >= 0.3 is 6.09 Å². The van der Waals surface area contributed by atoms with Crippen LogP contribution >= 0.6 is 0 Å². The number of nitrogens with one attached hydrogen (secondary N) is 2. The van der Waals surface area contributed by atoms with Crippen LogP contribution in [-0.2, 0) is 14.3 Å². The molecule has 2 rings (SSSR count). The lowest BCUT2D eigenvalue weighted by Crippen LogP contribution is -2.47. The van der Waals surface area contributed by atoms with Crippen LogP contribution < -0.4 is 10.6 Å². The van der Waals surface area contributed by atoms with E-state index in [4.69, 9.17) is 4.74 Å². The third-order valence-electron chi connectivity index (χ3n) is 5.86. The predicted molar refractivity (Wildman–Crippen MR) is 144 cm³/mol. The van der Waals surface area contributed by atoms with E-state index in [1.165, 1.54) is 0 Å². The van der Waals surface area contributed by atoms with Crippen LogP contribution in [0, 0.1) is 27.7 Å². The van der Waals surface area contributed by atoms with Crippen molar-refractivity contribution in [1.29, 1.82) is 0 Å². The normalized spacial score (nSPS) is 12.0. The highest BCUT2D eigenvalue weighted by Crippen LogP contribution is 2.29. The largest absolute Gasteiger partial charge is 0.444 e. The molecule has 0 aliphatic rings. The molecular weight excluding hydrogens is 454 g/mol. The van der Waals surface area contributed by atoms with Crippen molar-refractivity contribution in [2.45, 2.75) is 79.9 Å². The molecule has 7 heteroatoms. The SMILES string of the molecule is CCCCN(C(=O)CNC(=O)OC(C)(C)C)C(C(=O)Nc1c(C)cccc1C)c1ccc(C)cc1C. The van der Waals surface area contributed by atoms with Gasteiger partial charge in [0.2, 0.25) is 5.91 Å². The Morgan fingerprint density at radius 1 is 0.972 bits per heavy atom. The standard InChI is InChI=1S/C29H41N3O4/c1-9-10-16-32(24(33)18-30-28(35)36-29(6,7)8)26(23-15-14-19(2)17-22(23)5)27(34)31-25-20(3)12-11-13-21(25)4/h11-15,17,26H,9-10,16,18H2,1-8H3,(H,30,35)(H,31,34). The number of anilines is 1. The Morgan fingerprint density at radius 2 is 1.61 bits per heavy atom. The molecular formula is C29H41N3O4. The molecule has 1 unspecified atom stereocenters. The minimum atomic E-state index is -0.857. The first kappa shape index (κ1) is 28.9. The average Bonchev–Trinajstić information content (AvgIpc) is 2.77. The van der Waals surface area contributed by atoms with Gasteiger partial charge in [-0.25, -0.2) is 4.79 Å². The van der Waals surface area contributed by atoms with Crippen LogP contribution in [0.25, 0.3) is 0 Å². The van der Waals surface area contributed by atoms with Crippen molar-refractivity contribution in [3.8, 4) is 0 Å². The van der Waals surface area contributed by atoms with Gasteiger partial charge in [-0.05, 0) is 77.1 Å². The number of benzene rings is 2. The van der Waals surface area contributed by atoms with Crippen molar-refractivity contribution >= 4 is 23.6 Å². The van der Waals surface area contributed by atoms with Gasteiger partial charge in [0.1, 0.15) is 18.2 Å². The van der Waals surface area contributed by atoms with Crippen molar-refractivity contribution in [3.05, 3.63) is 64.2 Å². The molecule has 2 aromatic carbocycles. The van der Waals surface area contributed by atoms with E-state index in [1.807, 2.05) is 71.0 Å².